The van der Waals surface area contributed by atoms with Crippen molar-refractivity contribution in [3.63, 3.8) is 0 Å². The van der Waals surface area contributed by atoms with E-state index in [2.05, 4.69) is 37.9 Å². The molecule has 24 heavy (non-hydrogen) atoms. The lowest BCUT2D eigenvalue weighted by atomic mass is 10.1. The lowest BCUT2D eigenvalue weighted by Crippen LogP contribution is -2.50. The molecule has 8 heteroatoms. The molecule has 1 aliphatic rings. The van der Waals surface area contributed by atoms with Crippen LogP contribution < -0.4 is 16.0 Å². The Morgan fingerprint density at radius 2 is 2.21 bits per heavy atom. The van der Waals surface area contributed by atoms with Crippen LogP contribution in [-0.2, 0) is 11.3 Å². The van der Waals surface area contributed by atoms with E-state index in [1.165, 1.54) is 0 Å². The van der Waals surface area contributed by atoms with E-state index in [1.54, 1.807) is 13.3 Å². The molecule has 0 spiro atoms. The molecule has 0 aliphatic carbocycles. The second kappa shape index (κ2) is 9.92. The van der Waals surface area contributed by atoms with Crippen LogP contribution in [0.15, 0.2) is 21.8 Å². The van der Waals surface area contributed by atoms with Gasteiger partial charge in [-0.25, -0.2) is 0 Å². The van der Waals surface area contributed by atoms with Gasteiger partial charge in [0.1, 0.15) is 12.0 Å². The molecule has 0 bridgehead atoms. The van der Waals surface area contributed by atoms with Crippen molar-refractivity contribution in [1.82, 2.24) is 26.0 Å². The SMILES string of the molecule is CCCNC(=O)CN1CCC(NC(=NC)NCc2ccon2)CC1. The highest BCUT2D eigenvalue weighted by molar-refractivity contribution is 5.80. The lowest BCUT2D eigenvalue weighted by molar-refractivity contribution is -0.122. The largest absolute Gasteiger partial charge is 0.364 e. The van der Waals surface area contributed by atoms with Crippen LogP contribution in [-0.4, -0.2) is 61.2 Å². The first-order valence-corrected chi connectivity index (χ1v) is 8.56. The van der Waals surface area contributed by atoms with Gasteiger partial charge in [0, 0.05) is 38.8 Å². The zero-order valence-corrected chi connectivity index (χ0v) is 14.5. The Hall–Kier alpha value is -2.09. The molecule has 0 radical (unpaired) electrons. The number of amides is 1. The minimum absolute atomic E-state index is 0.119. The summed E-state index contributed by atoms with van der Waals surface area (Å²) in [4.78, 5) is 18.2. The van der Waals surface area contributed by atoms with E-state index >= 15 is 0 Å². The van der Waals surface area contributed by atoms with Gasteiger partial charge in [0.15, 0.2) is 5.96 Å². The van der Waals surface area contributed by atoms with Crippen molar-refractivity contribution < 1.29 is 9.32 Å². The Bertz CT molecular complexity index is 509. The standard InChI is InChI=1S/C16H28N6O2/c1-3-7-18-15(23)12-22-8-4-13(5-9-22)20-16(17-2)19-11-14-6-10-24-21-14/h6,10,13H,3-5,7-9,11-12H2,1-2H3,(H,18,23)(H2,17,19,20). The van der Waals surface area contributed by atoms with E-state index in [0.29, 0.717) is 19.1 Å². The second-order valence-electron chi connectivity index (χ2n) is 5.96. The molecule has 8 nitrogen and oxygen atoms in total. The fourth-order valence-electron chi connectivity index (χ4n) is 2.65. The number of likely N-dealkylation sites (tertiary alicyclic amines) is 1. The van der Waals surface area contributed by atoms with Crippen LogP contribution in [0.5, 0.6) is 0 Å². The summed E-state index contributed by atoms with van der Waals surface area (Å²) in [7, 11) is 1.76. The summed E-state index contributed by atoms with van der Waals surface area (Å²) in [5.74, 6) is 0.880. The van der Waals surface area contributed by atoms with Crippen LogP contribution in [0.1, 0.15) is 31.9 Å². The van der Waals surface area contributed by atoms with Crippen LogP contribution in [0.25, 0.3) is 0 Å². The number of carbonyl (C=O) groups is 1. The third-order valence-electron chi connectivity index (χ3n) is 4.02. The molecule has 134 valence electrons. The van der Waals surface area contributed by atoms with Gasteiger partial charge in [-0.05, 0) is 19.3 Å². The van der Waals surface area contributed by atoms with Gasteiger partial charge in [-0.1, -0.05) is 12.1 Å². The molecule has 0 aromatic carbocycles. The van der Waals surface area contributed by atoms with Gasteiger partial charge in [0.25, 0.3) is 0 Å². The summed E-state index contributed by atoms with van der Waals surface area (Å²) in [6.45, 7) is 5.71. The number of nitrogens with zero attached hydrogens (tertiary/aromatic N) is 3. The highest BCUT2D eigenvalue weighted by Crippen LogP contribution is 2.09. The topological polar surface area (TPSA) is 94.8 Å². The Morgan fingerprint density at radius 1 is 1.42 bits per heavy atom. The van der Waals surface area contributed by atoms with Gasteiger partial charge >= 0.3 is 0 Å². The van der Waals surface area contributed by atoms with Gasteiger partial charge < -0.3 is 20.5 Å². The molecule has 1 saturated heterocycles. The maximum Gasteiger partial charge on any atom is 0.234 e. The van der Waals surface area contributed by atoms with Crippen LogP contribution in [0.3, 0.4) is 0 Å². The molecule has 1 fully saturated rings. The summed E-state index contributed by atoms with van der Waals surface area (Å²) < 4.78 is 4.81. The Morgan fingerprint density at radius 3 is 2.83 bits per heavy atom. The number of guanidine groups is 1. The molecule has 1 amide bonds. The predicted octanol–water partition coefficient (Wildman–Crippen LogP) is 0.330. The molecule has 3 N–H and O–H groups in total. The average Bonchev–Trinajstić information content (AvgIpc) is 3.11. The minimum atomic E-state index is 0.119. The first-order chi connectivity index (χ1) is 11.7. The smallest absolute Gasteiger partial charge is 0.234 e. The third kappa shape index (κ3) is 6.19. The summed E-state index contributed by atoms with van der Waals surface area (Å²) in [5, 5.41) is 13.4. The fraction of sp³-hybridized carbons (Fsp3) is 0.688. The van der Waals surface area contributed by atoms with Crippen LogP contribution in [0.4, 0.5) is 0 Å². The van der Waals surface area contributed by atoms with Gasteiger partial charge in [0.05, 0.1) is 13.1 Å². The Labute approximate surface area is 143 Å². The number of aromatic nitrogens is 1. The summed E-state index contributed by atoms with van der Waals surface area (Å²) >= 11 is 0. The normalized spacial score (nSPS) is 16.8. The van der Waals surface area contributed by atoms with Gasteiger partial charge in [-0.2, -0.15) is 0 Å². The van der Waals surface area contributed by atoms with Crippen molar-refractivity contribution >= 4 is 11.9 Å². The van der Waals surface area contributed by atoms with Crippen molar-refractivity contribution in [1.29, 1.82) is 0 Å². The zero-order valence-electron chi connectivity index (χ0n) is 14.5. The quantitative estimate of drug-likeness (QED) is 0.491. The molecule has 0 saturated carbocycles. The number of nitrogens with one attached hydrogen (secondary N) is 3. The van der Waals surface area contributed by atoms with E-state index in [4.69, 9.17) is 4.52 Å². The van der Waals surface area contributed by atoms with Crippen LogP contribution >= 0.6 is 0 Å². The van der Waals surface area contributed by atoms with Crippen molar-refractivity contribution in [2.75, 3.05) is 33.2 Å². The van der Waals surface area contributed by atoms with Crippen LogP contribution in [0, 0.1) is 0 Å². The highest BCUT2D eigenvalue weighted by atomic mass is 16.5. The average molecular weight is 336 g/mol. The molecule has 2 heterocycles. The molecular weight excluding hydrogens is 308 g/mol. The van der Waals surface area contributed by atoms with Gasteiger partial charge in [0.2, 0.25) is 5.91 Å². The van der Waals surface area contributed by atoms with E-state index in [9.17, 15) is 4.79 Å². The minimum Gasteiger partial charge on any atom is -0.364 e. The van der Waals surface area contributed by atoms with E-state index in [-0.39, 0.29) is 5.91 Å². The lowest BCUT2D eigenvalue weighted by Gasteiger charge is -2.32. The van der Waals surface area contributed by atoms with E-state index < -0.39 is 0 Å². The zero-order chi connectivity index (χ0) is 17.2. The first-order valence-electron chi connectivity index (χ1n) is 8.56. The number of aliphatic imine (C=N–C) groups is 1. The van der Waals surface area contributed by atoms with Crippen molar-refractivity contribution in [3.05, 3.63) is 18.0 Å². The van der Waals surface area contributed by atoms with Crippen molar-refractivity contribution in [2.24, 2.45) is 4.99 Å². The number of carbonyl (C=O) groups excluding carboxylic acids is 1. The van der Waals surface area contributed by atoms with Crippen LogP contribution in [0.2, 0.25) is 0 Å². The van der Waals surface area contributed by atoms with E-state index in [0.717, 1.165) is 50.6 Å². The molecule has 0 unspecified atom stereocenters. The molecule has 1 aromatic heterocycles. The molecule has 1 aromatic rings. The number of hydrogen-bond donors (Lipinski definition) is 3. The summed E-state index contributed by atoms with van der Waals surface area (Å²) in [5.41, 5.74) is 0.839. The number of piperidine rings is 1. The fourth-order valence-corrected chi connectivity index (χ4v) is 2.65. The van der Waals surface area contributed by atoms with Gasteiger partial charge in [-0.15, -0.1) is 0 Å². The molecule has 2 rings (SSSR count). The third-order valence-corrected chi connectivity index (χ3v) is 4.02. The van der Waals surface area contributed by atoms with E-state index in [1.807, 2.05) is 6.07 Å². The Kier molecular flexibility index (Phi) is 7.54. The molecule has 1 aliphatic heterocycles. The molecule has 0 atom stereocenters. The maximum atomic E-state index is 11.8. The van der Waals surface area contributed by atoms with Crippen molar-refractivity contribution in [3.8, 4) is 0 Å². The molecular formula is C16H28N6O2. The Balaban J connectivity index is 1.66. The predicted molar refractivity (Wildman–Crippen MR) is 92.6 cm³/mol. The first kappa shape index (κ1) is 18.3. The second-order valence-corrected chi connectivity index (χ2v) is 5.96. The summed E-state index contributed by atoms with van der Waals surface area (Å²) in [6.07, 6.45) is 4.51. The number of hydrogen-bond acceptors (Lipinski definition) is 5. The monoisotopic (exact) mass is 336 g/mol. The van der Waals surface area contributed by atoms with Gasteiger partial charge in [-0.3, -0.25) is 14.7 Å². The van der Waals surface area contributed by atoms with Crippen molar-refractivity contribution in [2.45, 2.75) is 38.8 Å². The highest BCUT2D eigenvalue weighted by Gasteiger charge is 2.21. The maximum absolute atomic E-state index is 11.8. The summed E-state index contributed by atoms with van der Waals surface area (Å²) in [6, 6.07) is 2.19. The number of rotatable bonds is 7.